The minimum atomic E-state index is -3.16. The SMILES string of the molecule is O=P1(c2ccccc2)c2cc(/C=C/c3ccccc3)ccc2-n2c(-c3ccccc3)nc3cccc1c32. The second-order valence-corrected chi connectivity index (χ2v) is 11.9. The molecule has 0 aliphatic carbocycles. The highest BCUT2D eigenvalue weighted by molar-refractivity contribution is 7.86. The zero-order chi connectivity index (χ0) is 24.8. The minimum Gasteiger partial charge on any atom is -0.308 e. The topological polar surface area (TPSA) is 34.9 Å². The van der Waals surface area contributed by atoms with Crippen LogP contribution in [-0.4, -0.2) is 9.55 Å². The van der Waals surface area contributed by atoms with E-state index in [1.807, 2.05) is 84.9 Å². The molecule has 2 heterocycles. The highest BCUT2D eigenvalue weighted by atomic mass is 31.2. The fourth-order valence-electron chi connectivity index (χ4n) is 5.27. The first kappa shape index (κ1) is 21.8. The van der Waals surface area contributed by atoms with E-state index in [-0.39, 0.29) is 0 Å². The maximum absolute atomic E-state index is 15.4. The quantitative estimate of drug-likeness (QED) is 0.199. The van der Waals surface area contributed by atoms with Gasteiger partial charge in [-0.2, -0.15) is 0 Å². The molecule has 7 rings (SSSR count). The number of benzene rings is 5. The largest absolute Gasteiger partial charge is 0.308 e. The summed E-state index contributed by atoms with van der Waals surface area (Å²) in [6.45, 7) is 0. The Morgan fingerprint density at radius 3 is 2.05 bits per heavy atom. The number of aromatic nitrogens is 2. The number of para-hydroxylation sites is 1. The van der Waals surface area contributed by atoms with Crippen molar-refractivity contribution < 1.29 is 4.57 Å². The number of nitrogens with zero attached hydrogens (tertiary/aromatic N) is 2. The van der Waals surface area contributed by atoms with Crippen LogP contribution in [0, 0.1) is 0 Å². The van der Waals surface area contributed by atoms with Gasteiger partial charge < -0.3 is 4.57 Å². The predicted octanol–water partition coefficient (Wildman–Crippen LogP) is 6.82. The predicted molar refractivity (Wildman–Crippen MR) is 155 cm³/mol. The van der Waals surface area contributed by atoms with E-state index in [1.165, 1.54) is 0 Å². The molecule has 0 radical (unpaired) electrons. The van der Waals surface area contributed by atoms with Crippen molar-refractivity contribution in [3.05, 3.63) is 139 Å². The summed E-state index contributed by atoms with van der Waals surface area (Å²) >= 11 is 0. The first-order chi connectivity index (χ1) is 18.2. The van der Waals surface area contributed by atoms with Gasteiger partial charge in [0.25, 0.3) is 0 Å². The van der Waals surface area contributed by atoms with E-state index in [0.29, 0.717) is 0 Å². The van der Waals surface area contributed by atoms with Crippen LogP contribution >= 0.6 is 7.14 Å². The summed E-state index contributed by atoms with van der Waals surface area (Å²) in [6.07, 6.45) is 4.18. The van der Waals surface area contributed by atoms with E-state index in [1.54, 1.807) is 0 Å². The van der Waals surface area contributed by atoms with Crippen LogP contribution in [0.3, 0.4) is 0 Å². The Morgan fingerprint density at radius 1 is 0.622 bits per heavy atom. The molecule has 0 spiro atoms. The second-order valence-electron chi connectivity index (χ2n) is 9.22. The van der Waals surface area contributed by atoms with Crippen molar-refractivity contribution in [2.45, 2.75) is 0 Å². The van der Waals surface area contributed by atoms with Crippen LogP contribution in [0.25, 0.3) is 40.3 Å². The molecular formula is C33H23N2OP. The van der Waals surface area contributed by atoms with E-state index in [2.05, 4.69) is 59.2 Å². The average Bonchev–Trinajstić information content (AvgIpc) is 3.36. The Labute approximate surface area is 215 Å². The summed E-state index contributed by atoms with van der Waals surface area (Å²) in [6, 6.07) is 42.6. The highest BCUT2D eigenvalue weighted by Crippen LogP contribution is 2.50. The molecule has 1 aliphatic rings. The lowest BCUT2D eigenvalue weighted by Gasteiger charge is -2.29. The first-order valence-electron chi connectivity index (χ1n) is 12.3. The fourth-order valence-corrected chi connectivity index (χ4v) is 8.31. The molecule has 1 aliphatic heterocycles. The highest BCUT2D eigenvalue weighted by Gasteiger charge is 2.40. The summed E-state index contributed by atoms with van der Waals surface area (Å²) in [7, 11) is -3.16. The van der Waals surface area contributed by atoms with Gasteiger partial charge in [0.2, 0.25) is 0 Å². The molecular weight excluding hydrogens is 471 g/mol. The van der Waals surface area contributed by atoms with Gasteiger partial charge in [0.15, 0.2) is 7.14 Å². The van der Waals surface area contributed by atoms with Crippen LogP contribution in [0.5, 0.6) is 0 Å². The number of hydrogen-bond donors (Lipinski definition) is 0. The fraction of sp³-hybridized carbons (Fsp3) is 0. The van der Waals surface area contributed by atoms with Gasteiger partial charge in [0.1, 0.15) is 5.82 Å². The summed E-state index contributed by atoms with van der Waals surface area (Å²) in [4.78, 5) is 5.04. The van der Waals surface area contributed by atoms with Crippen molar-refractivity contribution in [3.8, 4) is 17.1 Å². The lowest BCUT2D eigenvalue weighted by Crippen LogP contribution is -2.33. The molecule has 6 aromatic rings. The Bertz CT molecular complexity index is 1840. The van der Waals surface area contributed by atoms with E-state index >= 15 is 4.57 Å². The molecule has 3 nitrogen and oxygen atoms in total. The summed E-state index contributed by atoms with van der Waals surface area (Å²) in [5, 5.41) is 2.51. The molecule has 37 heavy (non-hydrogen) atoms. The minimum absolute atomic E-state index is 0.835. The molecule has 0 fully saturated rings. The normalized spacial score (nSPS) is 16.2. The third-order valence-electron chi connectivity index (χ3n) is 6.99. The zero-order valence-electron chi connectivity index (χ0n) is 20.0. The number of imidazole rings is 1. The molecule has 176 valence electrons. The summed E-state index contributed by atoms with van der Waals surface area (Å²) in [5.74, 6) is 0.858. The number of rotatable bonds is 4. The first-order valence-corrected chi connectivity index (χ1v) is 14.1. The van der Waals surface area contributed by atoms with E-state index in [9.17, 15) is 0 Å². The smallest absolute Gasteiger partial charge is 0.175 e. The van der Waals surface area contributed by atoms with E-state index < -0.39 is 7.14 Å². The van der Waals surface area contributed by atoms with Crippen molar-refractivity contribution in [1.29, 1.82) is 0 Å². The third-order valence-corrected chi connectivity index (χ3v) is 10.1. The average molecular weight is 495 g/mol. The number of fused-ring (bicyclic) bond motifs is 2. The molecule has 0 saturated heterocycles. The van der Waals surface area contributed by atoms with Crippen LogP contribution in [0.15, 0.2) is 127 Å². The van der Waals surface area contributed by atoms with Crippen molar-refractivity contribution in [3.63, 3.8) is 0 Å². The van der Waals surface area contributed by atoms with Gasteiger partial charge in [-0.1, -0.05) is 115 Å². The molecule has 0 saturated carbocycles. The Kier molecular flexibility index (Phi) is 5.06. The Balaban J connectivity index is 1.53. The molecule has 1 unspecified atom stereocenters. The van der Waals surface area contributed by atoms with Crippen LogP contribution in [0.4, 0.5) is 0 Å². The summed E-state index contributed by atoms with van der Waals surface area (Å²) in [5.41, 5.74) is 5.86. The maximum Gasteiger partial charge on any atom is 0.175 e. The van der Waals surface area contributed by atoms with Crippen LogP contribution in [0.2, 0.25) is 0 Å². The van der Waals surface area contributed by atoms with Gasteiger partial charge in [-0.05, 0) is 35.4 Å². The van der Waals surface area contributed by atoms with Crippen LogP contribution in [-0.2, 0) is 4.57 Å². The van der Waals surface area contributed by atoms with Crippen molar-refractivity contribution in [2.24, 2.45) is 0 Å². The monoisotopic (exact) mass is 494 g/mol. The molecule has 1 aromatic heterocycles. The van der Waals surface area contributed by atoms with Gasteiger partial charge in [0, 0.05) is 21.5 Å². The molecule has 0 bridgehead atoms. The van der Waals surface area contributed by atoms with Crippen LogP contribution in [0.1, 0.15) is 11.1 Å². The molecule has 5 aromatic carbocycles. The third kappa shape index (κ3) is 3.43. The molecule has 4 heteroatoms. The number of hydrogen-bond acceptors (Lipinski definition) is 2. The molecule has 0 N–H and O–H groups in total. The van der Waals surface area contributed by atoms with Gasteiger partial charge >= 0.3 is 0 Å². The van der Waals surface area contributed by atoms with E-state index in [0.717, 1.165) is 55.1 Å². The zero-order valence-corrected chi connectivity index (χ0v) is 20.9. The van der Waals surface area contributed by atoms with Crippen molar-refractivity contribution in [2.75, 3.05) is 0 Å². The molecule has 0 amide bonds. The van der Waals surface area contributed by atoms with Gasteiger partial charge in [-0.25, -0.2) is 4.98 Å². The van der Waals surface area contributed by atoms with Gasteiger partial charge in [-0.3, -0.25) is 4.57 Å². The summed E-state index contributed by atoms with van der Waals surface area (Å²) < 4.78 is 17.6. The van der Waals surface area contributed by atoms with Crippen molar-refractivity contribution in [1.82, 2.24) is 9.55 Å². The lowest BCUT2D eigenvalue weighted by molar-refractivity contribution is 0.592. The van der Waals surface area contributed by atoms with Crippen LogP contribution < -0.4 is 15.9 Å². The Morgan fingerprint density at radius 2 is 1.30 bits per heavy atom. The van der Waals surface area contributed by atoms with Gasteiger partial charge in [0.05, 0.1) is 16.7 Å². The lowest BCUT2D eigenvalue weighted by atomic mass is 10.1. The van der Waals surface area contributed by atoms with E-state index in [4.69, 9.17) is 4.98 Å². The Hall–Kier alpha value is -4.46. The second kappa shape index (κ2) is 8.58. The van der Waals surface area contributed by atoms with Crippen molar-refractivity contribution >= 4 is 46.2 Å². The molecule has 1 atom stereocenters. The maximum atomic E-state index is 15.4. The standard InChI is InChI=1S/C33H23N2OP/c36-37(27-15-8-3-9-16-27)30-18-10-17-28-32(30)35(33(34-28)26-13-6-2-7-14-26)29-22-21-25(23-31(29)37)20-19-24-11-4-1-5-12-24/h1-23H/b20-19+. The van der Waals surface area contributed by atoms with Gasteiger partial charge in [-0.15, -0.1) is 0 Å².